The van der Waals surface area contributed by atoms with Crippen LogP contribution >= 0.6 is 21.6 Å². The molecule has 2 rings (SSSR count). The van der Waals surface area contributed by atoms with E-state index in [1.54, 1.807) is 27.7 Å². The molecule has 2 bridgehead atoms. The van der Waals surface area contributed by atoms with Crippen molar-refractivity contribution in [2.45, 2.75) is 77.3 Å². The van der Waals surface area contributed by atoms with E-state index >= 15 is 0 Å². The van der Waals surface area contributed by atoms with Crippen molar-refractivity contribution in [2.75, 3.05) is 24.8 Å². The summed E-state index contributed by atoms with van der Waals surface area (Å²) in [5, 5.41) is 19.7. The van der Waals surface area contributed by atoms with E-state index in [1.165, 1.54) is 0 Å². The van der Waals surface area contributed by atoms with Gasteiger partial charge in [-0.15, -0.1) is 0 Å². The van der Waals surface area contributed by atoms with E-state index in [1.807, 2.05) is 33.8 Å². The van der Waals surface area contributed by atoms with Crippen LogP contribution in [0, 0.1) is 11.8 Å². The molecular formula is C23H39N3O6S2. The summed E-state index contributed by atoms with van der Waals surface area (Å²) >= 11 is 0. The molecule has 34 heavy (non-hydrogen) atoms. The van der Waals surface area contributed by atoms with Gasteiger partial charge in [0.1, 0.15) is 12.1 Å². The first-order chi connectivity index (χ1) is 16.2. The fraction of sp³-hybridized carbons (Fsp3) is 0.783. The summed E-state index contributed by atoms with van der Waals surface area (Å²) in [6.07, 6.45) is 2.31. The van der Waals surface area contributed by atoms with Crippen LogP contribution in [0.25, 0.3) is 0 Å². The van der Waals surface area contributed by atoms with Gasteiger partial charge >= 0.3 is 5.97 Å². The predicted molar refractivity (Wildman–Crippen MR) is 135 cm³/mol. The van der Waals surface area contributed by atoms with E-state index in [9.17, 15) is 19.5 Å². The molecule has 0 aromatic carbocycles. The number of hydrogen-bond donors (Lipinski definition) is 4. The standard InChI is InChI=1S/C23H39N3O6S2/c1-14(2)21-18(27)10-20(29)32-17-7-5-6-8-33-34-12-16(11-31-13-24-21)25-23(30)22(15(3)4)26-19(28)9-17/h5,7,14-18,21-22,24,27H,6,8-13H2,1-4H3,(H,25,30)(H,26,28)/b7-5+/t16-,17+,18-,21?,22+/m0/s1. The summed E-state index contributed by atoms with van der Waals surface area (Å²) in [5.74, 6) is 0.149. The van der Waals surface area contributed by atoms with E-state index in [-0.39, 0.29) is 61.9 Å². The second kappa shape index (κ2) is 15.0. The third kappa shape index (κ3) is 10.2. The van der Waals surface area contributed by atoms with Crippen molar-refractivity contribution in [1.29, 1.82) is 0 Å². The van der Waals surface area contributed by atoms with Crippen molar-refractivity contribution >= 4 is 39.4 Å². The van der Waals surface area contributed by atoms with Crippen molar-refractivity contribution < 1.29 is 29.0 Å². The molecule has 0 spiro atoms. The van der Waals surface area contributed by atoms with Crippen molar-refractivity contribution in [3.05, 3.63) is 12.2 Å². The fourth-order valence-electron chi connectivity index (χ4n) is 3.76. The minimum Gasteiger partial charge on any atom is -0.457 e. The lowest BCUT2D eigenvalue weighted by atomic mass is 9.96. The molecule has 9 nitrogen and oxygen atoms in total. The van der Waals surface area contributed by atoms with Gasteiger partial charge in [-0.3, -0.25) is 19.7 Å². The number of amides is 2. The Morgan fingerprint density at radius 2 is 1.82 bits per heavy atom. The highest BCUT2D eigenvalue weighted by atomic mass is 33.1. The molecular weight excluding hydrogens is 478 g/mol. The quantitative estimate of drug-likeness (QED) is 0.245. The molecule has 0 saturated carbocycles. The third-order valence-corrected chi connectivity index (χ3v) is 8.12. The number of allylic oxidation sites excluding steroid dienone is 1. The van der Waals surface area contributed by atoms with Gasteiger partial charge in [0.2, 0.25) is 11.8 Å². The maximum atomic E-state index is 13.0. The lowest BCUT2D eigenvalue weighted by Crippen LogP contribution is -2.54. The van der Waals surface area contributed by atoms with Crippen LogP contribution < -0.4 is 16.0 Å². The second-order valence-electron chi connectivity index (χ2n) is 9.31. The van der Waals surface area contributed by atoms with E-state index in [0.717, 1.165) is 12.2 Å². The molecule has 5 atom stereocenters. The highest BCUT2D eigenvalue weighted by Gasteiger charge is 2.30. The Morgan fingerprint density at radius 1 is 1.06 bits per heavy atom. The third-order valence-electron chi connectivity index (χ3n) is 5.60. The number of aliphatic hydroxyl groups is 1. The zero-order chi connectivity index (χ0) is 25.1. The Morgan fingerprint density at radius 3 is 2.53 bits per heavy atom. The van der Waals surface area contributed by atoms with Gasteiger partial charge in [-0.05, 0) is 24.3 Å². The van der Waals surface area contributed by atoms with Crippen LogP contribution in [0.15, 0.2) is 12.2 Å². The fourth-order valence-corrected chi connectivity index (χ4v) is 5.98. The summed E-state index contributed by atoms with van der Waals surface area (Å²) < 4.78 is 11.4. The maximum absolute atomic E-state index is 13.0. The molecule has 2 heterocycles. The van der Waals surface area contributed by atoms with Gasteiger partial charge in [-0.1, -0.05) is 55.4 Å². The molecule has 194 valence electrons. The molecule has 0 aromatic heterocycles. The minimum atomic E-state index is -0.975. The molecule has 2 aliphatic heterocycles. The Labute approximate surface area is 210 Å². The van der Waals surface area contributed by atoms with Gasteiger partial charge in [-0.25, -0.2) is 0 Å². The number of esters is 1. The monoisotopic (exact) mass is 517 g/mol. The van der Waals surface area contributed by atoms with Gasteiger partial charge in [0.05, 0.1) is 38.3 Å². The SMILES string of the molecule is CC(C)C1NCOC[C@H]2CSSCC/C=C/[C@H](CC(=O)N[C@H](C(C)C)C(=O)N2)OC(=O)C[C@@H]1O. The molecule has 0 radical (unpaired) electrons. The lowest BCUT2D eigenvalue weighted by molar-refractivity contribution is -0.151. The Balaban J connectivity index is 2.34. The summed E-state index contributed by atoms with van der Waals surface area (Å²) in [6, 6.07) is -1.36. The molecule has 4 N–H and O–H groups in total. The van der Waals surface area contributed by atoms with Crippen LogP contribution in [0.2, 0.25) is 0 Å². The molecule has 1 fully saturated rings. The molecule has 1 unspecified atom stereocenters. The molecule has 11 heteroatoms. The Kier molecular flexibility index (Phi) is 12.8. The normalized spacial score (nSPS) is 32.3. The maximum Gasteiger partial charge on any atom is 0.309 e. The average Bonchev–Trinajstić information content (AvgIpc) is 2.74. The van der Waals surface area contributed by atoms with Crippen molar-refractivity contribution in [2.24, 2.45) is 11.8 Å². The molecule has 2 amide bonds. The van der Waals surface area contributed by atoms with E-state index in [0.29, 0.717) is 5.75 Å². The predicted octanol–water partition coefficient (Wildman–Crippen LogP) is 1.61. The number of hydrogen-bond acceptors (Lipinski definition) is 9. The van der Waals surface area contributed by atoms with Gasteiger partial charge in [0, 0.05) is 17.5 Å². The zero-order valence-corrected chi connectivity index (χ0v) is 22.1. The molecule has 0 aliphatic carbocycles. The second-order valence-corrected chi connectivity index (χ2v) is 11.9. The van der Waals surface area contributed by atoms with Crippen LogP contribution in [-0.2, 0) is 23.9 Å². The zero-order valence-electron chi connectivity index (χ0n) is 20.5. The number of fused-ring (bicyclic) bond motifs is 7. The summed E-state index contributed by atoms with van der Waals surface area (Å²) in [5.41, 5.74) is 0. The van der Waals surface area contributed by atoms with Crippen molar-refractivity contribution in [3.8, 4) is 0 Å². The first-order valence-electron chi connectivity index (χ1n) is 11.9. The average molecular weight is 518 g/mol. The first-order valence-corrected chi connectivity index (χ1v) is 14.4. The van der Waals surface area contributed by atoms with Gasteiger partial charge < -0.3 is 25.2 Å². The van der Waals surface area contributed by atoms with Crippen molar-refractivity contribution in [1.82, 2.24) is 16.0 Å². The van der Waals surface area contributed by atoms with Crippen LogP contribution in [-0.4, -0.2) is 78.1 Å². The van der Waals surface area contributed by atoms with Gasteiger partial charge in [0.15, 0.2) is 0 Å². The number of carbonyl (C=O) groups is 3. The van der Waals surface area contributed by atoms with Crippen molar-refractivity contribution in [3.63, 3.8) is 0 Å². The summed E-state index contributed by atoms with van der Waals surface area (Å²) in [6.45, 7) is 8.06. The van der Waals surface area contributed by atoms with Crippen LogP contribution in [0.3, 0.4) is 0 Å². The molecule has 1 saturated heterocycles. The first kappa shape index (κ1) is 29.0. The molecule has 0 aromatic rings. The highest BCUT2D eigenvalue weighted by Crippen LogP contribution is 2.24. The number of carbonyl (C=O) groups excluding carboxylic acids is 3. The van der Waals surface area contributed by atoms with E-state index in [4.69, 9.17) is 9.47 Å². The number of nitrogens with one attached hydrogen (secondary N) is 3. The number of ether oxygens (including phenoxy) is 2. The lowest BCUT2D eigenvalue weighted by Gasteiger charge is -2.28. The summed E-state index contributed by atoms with van der Waals surface area (Å²) in [7, 11) is 3.34. The largest absolute Gasteiger partial charge is 0.457 e. The highest BCUT2D eigenvalue weighted by molar-refractivity contribution is 8.76. The van der Waals surface area contributed by atoms with Gasteiger partial charge in [-0.2, -0.15) is 0 Å². The topological polar surface area (TPSA) is 126 Å². The van der Waals surface area contributed by atoms with Crippen LogP contribution in [0.1, 0.15) is 47.0 Å². The van der Waals surface area contributed by atoms with E-state index in [2.05, 4.69) is 16.0 Å². The van der Waals surface area contributed by atoms with Crippen LogP contribution in [0.5, 0.6) is 0 Å². The van der Waals surface area contributed by atoms with Crippen LogP contribution in [0.4, 0.5) is 0 Å². The number of aliphatic hydroxyl groups excluding tert-OH is 1. The Hall–Kier alpha value is -1.27. The van der Waals surface area contributed by atoms with E-state index < -0.39 is 24.2 Å². The Bertz CT molecular complexity index is 706. The summed E-state index contributed by atoms with van der Waals surface area (Å²) in [4.78, 5) is 38.5. The smallest absolute Gasteiger partial charge is 0.309 e. The van der Waals surface area contributed by atoms with Gasteiger partial charge in [0.25, 0.3) is 0 Å². The minimum absolute atomic E-state index is 0.0369. The molecule has 2 aliphatic rings. The number of rotatable bonds is 2.